The van der Waals surface area contributed by atoms with Gasteiger partial charge >= 0.3 is 0 Å². The van der Waals surface area contributed by atoms with Crippen molar-refractivity contribution in [1.29, 1.82) is 0 Å². The van der Waals surface area contributed by atoms with Crippen LogP contribution in [0.1, 0.15) is 10.4 Å². The molecule has 0 bridgehead atoms. The summed E-state index contributed by atoms with van der Waals surface area (Å²) in [7, 11) is 0. The molecule has 0 atom stereocenters. The molecule has 0 unspecified atom stereocenters. The highest BCUT2D eigenvalue weighted by molar-refractivity contribution is 9.10. The number of rotatable bonds is 2. The number of nitrogens with two attached hydrogens (primary N) is 1. The van der Waals surface area contributed by atoms with E-state index in [0.717, 1.165) is 0 Å². The number of amides is 1. The fraction of sp³-hybridized carbons (Fsp3) is 0. The van der Waals surface area contributed by atoms with E-state index in [1.807, 2.05) is 0 Å². The van der Waals surface area contributed by atoms with Crippen LogP contribution in [0.25, 0.3) is 0 Å². The second kappa shape index (κ2) is 5.54. The molecule has 0 fully saturated rings. The molecule has 0 heterocycles. The molecule has 0 aliphatic carbocycles. The molecule has 2 rings (SSSR count). The lowest BCUT2D eigenvalue weighted by Gasteiger charge is -2.08. The van der Waals surface area contributed by atoms with Crippen LogP contribution >= 0.6 is 15.9 Å². The molecule has 7 heteroatoms. The van der Waals surface area contributed by atoms with Gasteiger partial charge in [0.05, 0.1) is 5.69 Å². The van der Waals surface area contributed by atoms with Gasteiger partial charge in [-0.25, -0.2) is 13.2 Å². The normalized spacial score (nSPS) is 10.4. The first-order chi connectivity index (χ1) is 9.36. The topological polar surface area (TPSA) is 55.1 Å². The Morgan fingerprint density at radius 2 is 1.65 bits per heavy atom. The largest absolute Gasteiger partial charge is 0.399 e. The lowest BCUT2D eigenvalue weighted by atomic mass is 10.2. The average molecular weight is 345 g/mol. The van der Waals surface area contributed by atoms with Crippen molar-refractivity contribution in [2.24, 2.45) is 0 Å². The number of nitrogens with one attached hydrogen (secondary N) is 1. The number of hydrogen-bond acceptors (Lipinski definition) is 2. The number of carbonyl (C=O) groups is 1. The van der Waals surface area contributed by atoms with Crippen molar-refractivity contribution >= 4 is 33.2 Å². The van der Waals surface area contributed by atoms with Crippen LogP contribution in [0, 0.1) is 17.5 Å². The predicted molar refractivity (Wildman–Crippen MR) is 72.8 cm³/mol. The zero-order chi connectivity index (χ0) is 14.9. The zero-order valence-corrected chi connectivity index (χ0v) is 11.5. The van der Waals surface area contributed by atoms with Crippen LogP contribution in [-0.4, -0.2) is 5.91 Å². The van der Waals surface area contributed by atoms with Gasteiger partial charge in [0.15, 0.2) is 11.6 Å². The molecule has 3 N–H and O–H groups in total. The first-order valence-electron chi connectivity index (χ1n) is 5.39. The van der Waals surface area contributed by atoms with Crippen LogP contribution in [0.2, 0.25) is 0 Å². The molecule has 0 aliphatic heterocycles. The minimum atomic E-state index is -1.33. The third-order valence-corrected chi connectivity index (χ3v) is 2.90. The fourth-order valence-electron chi connectivity index (χ4n) is 1.56. The summed E-state index contributed by atoms with van der Waals surface area (Å²) in [6.07, 6.45) is 0. The van der Waals surface area contributed by atoms with Crippen LogP contribution in [0.3, 0.4) is 0 Å². The van der Waals surface area contributed by atoms with E-state index < -0.39 is 29.0 Å². The molecular formula is C13H8BrF3N2O. The molecule has 0 saturated carbocycles. The lowest BCUT2D eigenvalue weighted by Crippen LogP contribution is -2.14. The number of nitrogen functional groups attached to an aromatic ring is 1. The van der Waals surface area contributed by atoms with Crippen molar-refractivity contribution in [2.75, 3.05) is 11.1 Å². The average Bonchev–Trinajstić information content (AvgIpc) is 2.34. The van der Waals surface area contributed by atoms with Gasteiger partial charge in [0.25, 0.3) is 5.91 Å². The van der Waals surface area contributed by atoms with Crippen molar-refractivity contribution in [3.8, 4) is 0 Å². The maximum atomic E-state index is 13.4. The highest BCUT2D eigenvalue weighted by Crippen LogP contribution is 2.21. The van der Waals surface area contributed by atoms with Gasteiger partial charge in [-0.05, 0) is 18.2 Å². The predicted octanol–water partition coefficient (Wildman–Crippen LogP) is 3.70. The minimum absolute atomic E-state index is 0.154. The van der Waals surface area contributed by atoms with Crippen LogP contribution < -0.4 is 11.1 Å². The molecule has 20 heavy (non-hydrogen) atoms. The molecule has 104 valence electrons. The number of carbonyl (C=O) groups excluding carboxylic acids is 1. The number of anilines is 2. The lowest BCUT2D eigenvalue weighted by molar-refractivity contribution is 0.102. The SMILES string of the molecule is Nc1cc(Br)cc(C(=O)Nc2cc(F)c(F)cc2F)c1. The standard InChI is InChI=1S/C13H8BrF3N2O/c14-7-1-6(2-8(18)3-7)13(20)19-12-5-10(16)9(15)4-11(12)17/h1-5H,18H2,(H,19,20). The fourth-order valence-corrected chi connectivity index (χ4v) is 2.07. The van der Waals surface area contributed by atoms with Gasteiger partial charge in [0, 0.05) is 27.9 Å². The molecule has 0 aromatic heterocycles. The molecular weight excluding hydrogens is 337 g/mol. The van der Waals surface area contributed by atoms with E-state index in [0.29, 0.717) is 22.3 Å². The quantitative estimate of drug-likeness (QED) is 0.644. The summed E-state index contributed by atoms with van der Waals surface area (Å²) >= 11 is 3.16. The van der Waals surface area contributed by atoms with E-state index in [1.54, 1.807) is 6.07 Å². The summed E-state index contributed by atoms with van der Waals surface area (Å²) in [5, 5.41) is 2.15. The third kappa shape index (κ3) is 3.11. The summed E-state index contributed by atoms with van der Waals surface area (Å²) in [6.45, 7) is 0. The van der Waals surface area contributed by atoms with Crippen molar-refractivity contribution in [2.45, 2.75) is 0 Å². The Morgan fingerprint density at radius 3 is 2.30 bits per heavy atom. The third-order valence-electron chi connectivity index (χ3n) is 2.44. The summed E-state index contributed by atoms with van der Waals surface area (Å²) in [6, 6.07) is 5.35. The van der Waals surface area contributed by atoms with Gasteiger partial charge in [-0.15, -0.1) is 0 Å². The maximum absolute atomic E-state index is 13.4. The highest BCUT2D eigenvalue weighted by atomic mass is 79.9. The maximum Gasteiger partial charge on any atom is 0.255 e. The molecule has 2 aromatic rings. The molecule has 0 spiro atoms. The monoisotopic (exact) mass is 344 g/mol. The Bertz CT molecular complexity index is 671. The Hall–Kier alpha value is -2.02. The summed E-state index contributed by atoms with van der Waals surface area (Å²) in [5.74, 6) is -4.34. The van der Waals surface area contributed by atoms with E-state index in [4.69, 9.17) is 5.73 Å². The first-order valence-corrected chi connectivity index (χ1v) is 6.18. The van der Waals surface area contributed by atoms with E-state index in [2.05, 4.69) is 21.2 Å². The smallest absolute Gasteiger partial charge is 0.255 e. The van der Waals surface area contributed by atoms with Crippen molar-refractivity contribution in [3.05, 3.63) is 57.8 Å². The number of benzene rings is 2. The van der Waals surface area contributed by atoms with E-state index in [-0.39, 0.29) is 5.56 Å². The van der Waals surface area contributed by atoms with Crippen molar-refractivity contribution in [1.82, 2.24) is 0 Å². The first kappa shape index (κ1) is 14.4. The summed E-state index contributed by atoms with van der Waals surface area (Å²) in [5.41, 5.74) is 5.60. The van der Waals surface area contributed by atoms with Crippen LogP contribution in [0.4, 0.5) is 24.5 Å². The summed E-state index contributed by atoms with van der Waals surface area (Å²) < 4.78 is 39.8. The second-order valence-electron chi connectivity index (χ2n) is 3.97. The zero-order valence-electron chi connectivity index (χ0n) is 9.88. The van der Waals surface area contributed by atoms with E-state index in [9.17, 15) is 18.0 Å². The van der Waals surface area contributed by atoms with Gasteiger partial charge in [0.1, 0.15) is 5.82 Å². The molecule has 1 amide bonds. The Morgan fingerprint density at radius 1 is 1.00 bits per heavy atom. The Labute approximate surface area is 120 Å². The Balaban J connectivity index is 2.30. The van der Waals surface area contributed by atoms with Crippen LogP contribution in [-0.2, 0) is 0 Å². The molecule has 0 saturated heterocycles. The van der Waals surface area contributed by atoms with Gasteiger partial charge < -0.3 is 11.1 Å². The van der Waals surface area contributed by atoms with Crippen LogP contribution in [0.15, 0.2) is 34.8 Å². The van der Waals surface area contributed by atoms with E-state index in [1.165, 1.54) is 12.1 Å². The van der Waals surface area contributed by atoms with Crippen molar-refractivity contribution in [3.63, 3.8) is 0 Å². The van der Waals surface area contributed by atoms with Gasteiger partial charge in [-0.1, -0.05) is 15.9 Å². The molecule has 2 aromatic carbocycles. The van der Waals surface area contributed by atoms with Gasteiger partial charge in [-0.2, -0.15) is 0 Å². The number of halogens is 4. The number of hydrogen-bond donors (Lipinski definition) is 2. The molecule has 0 aliphatic rings. The molecule has 3 nitrogen and oxygen atoms in total. The Kier molecular flexibility index (Phi) is 3.99. The van der Waals surface area contributed by atoms with Crippen LogP contribution in [0.5, 0.6) is 0 Å². The van der Waals surface area contributed by atoms with Crippen molar-refractivity contribution < 1.29 is 18.0 Å². The van der Waals surface area contributed by atoms with Gasteiger partial charge in [0.2, 0.25) is 0 Å². The second-order valence-corrected chi connectivity index (χ2v) is 4.89. The van der Waals surface area contributed by atoms with Gasteiger partial charge in [-0.3, -0.25) is 4.79 Å². The summed E-state index contributed by atoms with van der Waals surface area (Å²) in [4.78, 5) is 11.9. The van der Waals surface area contributed by atoms with E-state index >= 15 is 0 Å². The minimum Gasteiger partial charge on any atom is -0.399 e. The highest BCUT2D eigenvalue weighted by Gasteiger charge is 2.14. The molecule has 0 radical (unpaired) electrons.